The van der Waals surface area contributed by atoms with Gasteiger partial charge in [-0.15, -0.1) is 0 Å². The van der Waals surface area contributed by atoms with E-state index in [1.54, 1.807) is 38.2 Å². The van der Waals surface area contributed by atoms with Crippen molar-refractivity contribution in [2.75, 3.05) is 13.1 Å². The lowest BCUT2D eigenvalue weighted by Crippen LogP contribution is -2.59. The number of benzene rings is 2. The van der Waals surface area contributed by atoms with Crippen molar-refractivity contribution in [3.63, 3.8) is 0 Å². The van der Waals surface area contributed by atoms with Crippen LogP contribution < -0.4 is 48.7 Å². The fraction of sp³-hybridized carbons (Fsp3) is 0.565. The molecule has 7 amide bonds. The van der Waals surface area contributed by atoms with Crippen LogP contribution in [-0.2, 0) is 65.6 Å². The Kier molecular flexibility index (Phi) is 27.1. The summed E-state index contributed by atoms with van der Waals surface area (Å²) < 4.78 is 0. The van der Waals surface area contributed by atoms with E-state index in [2.05, 4.69) is 42.2 Å². The lowest BCUT2D eigenvalue weighted by atomic mass is 9.79. The van der Waals surface area contributed by atoms with Gasteiger partial charge in [-0.2, -0.15) is 0 Å². The number of H-pyrrole nitrogens is 1. The number of carbonyl (C=O) groups excluding carboxylic acids is 11. The summed E-state index contributed by atoms with van der Waals surface area (Å²) in [5.74, 6) is -8.67. The number of rotatable bonds is 16. The van der Waals surface area contributed by atoms with Crippen LogP contribution in [0, 0.1) is 17.3 Å². The molecule has 0 aliphatic carbocycles. The van der Waals surface area contributed by atoms with Gasteiger partial charge in [0.15, 0.2) is 5.78 Å². The van der Waals surface area contributed by atoms with Crippen LogP contribution in [0.3, 0.4) is 0 Å². The fourth-order valence-corrected chi connectivity index (χ4v) is 10.3. The Morgan fingerprint density at radius 1 is 0.714 bits per heavy atom. The molecule has 1 aliphatic heterocycles. The average Bonchev–Trinajstić information content (AvgIpc) is 3.80. The van der Waals surface area contributed by atoms with E-state index in [4.69, 9.17) is 11.5 Å². The number of allylic oxidation sites excluding steroid dienone is 2. The minimum absolute atomic E-state index is 0.0520. The third-order valence-electron chi connectivity index (χ3n) is 15.5. The summed E-state index contributed by atoms with van der Waals surface area (Å²) in [5.41, 5.74) is 10.2. The molecule has 13 N–H and O–H groups in total. The molecule has 2 heterocycles. The molecular weight excluding hydrogens is 1080 g/mol. The van der Waals surface area contributed by atoms with Crippen molar-refractivity contribution in [3.05, 3.63) is 78.0 Å². The first kappa shape index (κ1) is 68.9. The van der Waals surface area contributed by atoms with Crippen LogP contribution in [0.1, 0.15) is 150 Å². The number of primary amides is 2. The molecule has 1 aromatic heterocycles. The Balaban J connectivity index is 1.75. The predicted octanol–water partition coefficient (Wildman–Crippen LogP) is 3.64. The highest BCUT2D eigenvalue weighted by atomic mass is 16.3. The van der Waals surface area contributed by atoms with Crippen molar-refractivity contribution in [1.82, 2.24) is 42.2 Å². The van der Waals surface area contributed by atoms with Crippen LogP contribution in [0.2, 0.25) is 0 Å². The van der Waals surface area contributed by atoms with Crippen LogP contribution in [0.4, 0.5) is 0 Å². The highest BCUT2D eigenvalue weighted by Crippen LogP contribution is 2.30. The quantitative estimate of drug-likeness (QED) is 0.0721. The third kappa shape index (κ3) is 21.9. The zero-order valence-corrected chi connectivity index (χ0v) is 50.1. The van der Waals surface area contributed by atoms with E-state index in [0.29, 0.717) is 36.8 Å². The van der Waals surface area contributed by atoms with Gasteiger partial charge in [0.05, 0.1) is 41.5 Å². The molecule has 1 aliphatic rings. The number of fused-ring (bicyclic) bond motifs is 1. The first-order chi connectivity index (χ1) is 39.6. The number of ketones is 4. The van der Waals surface area contributed by atoms with E-state index >= 15 is 0 Å². The van der Waals surface area contributed by atoms with Crippen molar-refractivity contribution in [1.29, 1.82) is 0 Å². The number of Topliss-reactive ketones (excluding diaryl/α,β-unsaturated/α-hetero) is 4. The smallest absolute Gasteiger partial charge is 0.243 e. The van der Waals surface area contributed by atoms with Gasteiger partial charge in [-0.1, -0.05) is 82.5 Å². The van der Waals surface area contributed by atoms with E-state index in [9.17, 15) is 57.8 Å². The van der Waals surface area contributed by atoms with Gasteiger partial charge in [-0.05, 0) is 121 Å². The number of hydrogen-bond donors (Lipinski definition) is 11. The maximum absolute atomic E-state index is 14.7. The van der Waals surface area contributed by atoms with Crippen LogP contribution >= 0.6 is 0 Å². The van der Waals surface area contributed by atoms with Crippen LogP contribution in [0.25, 0.3) is 10.9 Å². The maximum Gasteiger partial charge on any atom is 0.243 e. The number of amides is 7. The number of hydrogen-bond acceptors (Lipinski definition) is 14. The molecule has 460 valence electrons. The molecule has 22 heteroatoms. The molecule has 22 nitrogen and oxygen atoms in total. The lowest BCUT2D eigenvalue weighted by Gasteiger charge is -2.33. The number of nitrogens with one attached hydrogen (secondary N) is 8. The van der Waals surface area contributed by atoms with Crippen molar-refractivity contribution in [3.8, 4) is 5.75 Å². The monoisotopic (exact) mass is 1170 g/mol. The maximum atomic E-state index is 14.7. The topological polar surface area (TPSA) is 360 Å². The molecule has 3 aromatic rings. The van der Waals surface area contributed by atoms with Gasteiger partial charge < -0.3 is 53.5 Å². The summed E-state index contributed by atoms with van der Waals surface area (Å²) >= 11 is 0. The van der Waals surface area contributed by atoms with Gasteiger partial charge >= 0.3 is 0 Å². The normalized spacial score (nSPS) is 25.8. The van der Waals surface area contributed by atoms with Gasteiger partial charge in [-0.3, -0.25) is 58.1 Å². The molecule has 0 spiro atoms. The number of aromatic nitrogens is 1. The van der Waals surface area contributed by atoms with E-state index < -0.39 is 112 Å². The number of carbonyl (C=O) groups is 11. The Hall–Kier alpha value is -7.59. The second-order valence-corrected chi connectivity index (χ2v) is 23.5. The number of aromatic hydroxyl groups is 1. The second kappa shape index (κ2) is 33.0. The zero-order valence-electron chi connectivity index (χ0n) is 50.1. The molecule has 2 unspecified atom stereocenters. The standard InChI is InChI=1S/C62H90N10O12/c1-37(2)30-44-35-67-48(26-27-52(63)76)54(78)53(77)39(4)68-58(82)50(32-43-34-66-47-21-17-16-20-46(43)47)71-59(83)49(31-42-22-24-45(74)25-23-42)70-56(80)41(6)69-60(84)61(7,33-38(3)73)28-18-14-12-10-9-11-13-15-19-29-62(8,72-57(44)81)51(75)36-65-40(5)55(64)79/h11,13,16-17,20-25,34,37,39-41,44,48-50,65-67,74H,9-10,12,14-15,18-19,26-33,35-36H2,1-8H3,(H2,63,76)(H2,64,79)(H,68,82)(H,69,84)(H,70,80)(H,71,83)(H,72,81)/b13-11+/t39?,40-,41?,44-,48+,49+,50+,61+,62+/m1/s1. The Morgan fingerprint density at radius 3 is 2.00 bits per heavy atom. The van der Waals surface area contributed by atoms with Gasteiger partial charge in [0.2, 0.25) is 52.9 Å². The minimum Gasteiger partial charge on any atom is -0.508 e. The molecule has 0 fully saturated rings. The molecular formula is C62H90N10O12. The van der Waals surface area contributed by atoms with Crippen LogP contribution in [0.15, 0.2) is 66.9 Å². The minimum atomic E-state index is -1.52. The molecule has 84 heavy (non-hydrogen) atoms. The van der Waals surface area contributed by atoms with Crippen molar-refractivity contribution < 1.29 is 57.8 Å². The van der Waals surface area contributed by atoms with Crippen molar-refractivity contribution in [2.45, 2.75) is 193 Å². The predicted molar refractivity (Wildman–Crippen MR) is 318 cm³/mol. The summed E-state index contributed by atoms with van der Waals surface area (Å²) in [4.78, 5) is 154. The number of phenolic OH excluding ortho intramolecular Hbond substituents is 1. The fourth-order valence-electron chi connectivity index (χ4n) is 10.3. The van der Waals surface area contributed by atoms with Crippen molar-refractivity contribution >= 4 is 75.4 Å². The highest BCUT2D eigenvalue weighted by Gasteiger charge is 2.39. The molecule has 0 saturated heterocycles. The summed E-state index contributed by atoms with van der Waals surface area (Å²) in [7, 11) is 0. The van der Waals surface area contributed by atoms with Gasteiger partial charge in [0.25, 0.3) is 0 Å². The zero-order chi connectivity index (χ0) is 62.3. The summed E-state index contributed by atoms with van der Waals surface area (Å²) in [6.45, 7) is 12.3. The summed E-state index contributed by atoms with van der Waals surface area (Å²) in [6, 6.07) is 5.38. The molecule has 0 bridgehead atoms. The number of para-hydroxylation sites is 1. The van der Waals surface area contributed by atoms with Crippen LogP contribution in [-0.4, -0.2) is 129 Å². The Bertz CT molecular complexity index is 2830. The molecule has 0 radical (unpaired) electrons. The average molecular weight is 1170 g/mol. The Labute approximate surface area is 492 Å². The number of aromatic amines is 1. The lowest BCUT2D eigenvalue weighted by molar-refractivity contribution is -0.140. The van der Waals surface area contributed by atoms with Gasteiger partial charge in [0.1, 0.15) is 29.7 Å². The first-order valence-corrected chi connectivity index (χ1v) is 29.3. The number of phenols is 1. The van der Waals surface area contributed by atoms with Crippen molar-refractivity contribution in [2.24, 2.45) is 28.7 Å². The second-order valence-electron chi connectivity index (χ2n) is 23.5. The van der Waals surface area contributed by atoms with Crippen LogP contribution in [0.5, 0.6) is 5.75 Å². The summed E-state index contributed by atoms with van der Waals surface area (Å²) in [6.07, 6.45) is 10.4. The van der Waals surface area contributed by atoms with E-state index in [0.717, 1.165) is 36.6 Å². The molecule has 0 saturated carbocycles. The van der Waals surface area contributed by atoms with Gasteiger partial charge in [-0.25, -0.2) is 0 Å². The molecule has 2 aromatic carbocycles. The Morgan fingerprint density at radius 2 is 1.35 bits per heavy atom. The molecule has 4 rings (SSSR count). The van der Waals surface area contributed by atoms with E-state index in [-0.39, 0.29) is 75.5 Å². The largest absolute Gasteiger partial charge is 0.508 e. The third-order valence-corrected chi connectivity index (χ3v) is 15.5. The SMILES string of the molecule is CC(=O)C[C@]1(C)CCCCCC/C=C/CCC[C@@](C)(C(=O)CN[C@H](C)C(N)=O)NC(=O)[C@H](CC(C)C)CN[C@@H](CCC(N)=O)C(=O)C(=O)C(C)NC(=O)[C@H](Cc2c[nH]c3ccccc23)NC(=O)[C@H](Cc2ccc(O)cc2)NC(=O)C(C)NC1=O. The van der Waals surface area contributed by atoms with E-state index in [1.807, 2.05) is 44.2 Å². The summed E-state index contributed by atoms with van der Waals surface area (Å²) in [5, 5.41) is 30.5. The first-order valence-electron chi connectivity index (χ1n) is 29.3. The molecule has 9 atom stereocenters. The highest BCUT2D eigenvalue weighted by molar-refractivity contribution is 6.41. The number of nitrogens with two attached hydrogens (primary N) is 2. The van der Waals surface area contributed by atoms with Gasteiger partial charge in [0, 0.05) is 49.3 Å². The van der Waals surface area contributed by atoms with E-state index in [1.165, 1.54) is 39.8 Å².